The zero-order valence-corrected chi connectivity index (χ0v) is 10.1. The van der Waals surface area contributed by atoms with E-state index in [4.69, 9.17) is 0 Å². The quantitative estimate of drug-likeness (QED) is 0.715. The molecule has 1 nitrogen and oxygen atoms in total. The van der Waals surface area contributed by atoms with Crippen LogP contribution < -0.4 is 0 Å². The van der Waals surface area contributed by atoms with Crippen molar-refractivity contribution in [3.05, 3.63) is 47.4 Å². The van der Waals surface area contributed by atoms with Crippen LogP contribution in [-0.2, 0) is 6.54 Å². The molecule has 0 aliphatic rings. The van der Waals surface area contributed by atoms with Crippen LogP contribution in [-0.4, -0.2) is 25.5 Å². The van der Waals surface area contributed by atoms with Crippen LogP contribution in [0, 0.1) is 6.92 Å². The van der Waals surface area contributed by atoms with E-state index in [1.54, 1.807) is 11.9 Å². The molecule has 0 heterocycles. The minimum Gasteiger partial charge on any atom is -0.445 e. The first-order valence-corrected chi connectivity index (χ1v) is 5.41. The number of rotatable bonds is 5. The maximum Gasteiger partial charge on any atom is 0.506 e. The molecule has 0 atom stereocenters. The summed E-state index contributed by atoms with van der Waals surface area (Å²) >= 11 is 0. The van der Waals surface area contributed by atoms with Gasteiger partial charge in [0.05, 0.1) is 0 Å². The second-order valence-electron chi connectivity index (χ2n) is 4.33. The van der Waals surface area contributed by atoms with E-state index in [0.29, 0.717) is 6.54 Å². The van der Waals surface area contributed by atoms with Crippen molar-refractivity contribution in [1.29, 1.82) is 0 Å². The molecule has 94 valence electrons. The van der Waals surface area contributed by atoms with E-state index in [2.05, 4.69) is 6.58 Å². The van der Waals surface area contributed by atoms with Crippen LogP contribution in [0.5, 0.6) is 0 Å². The monoisotopic (exact) mass is 242 g/mol. The predicted octanol–water partition coefficient (Wildman–Crippen LogP) is 3.37. The summed E-state index contributed by atoms with van der Waals surface area (Å²) in [5, 5.41) is 0. The topological polar surface area (TPSA) is 3.24 Å². The second-order valence-corrected chi connectivity index (χ2v) is 4.33. The van der Waals surface area contributed by atoms with Crippen LogP contribution in [0.2, 0.25) is 0 Å². The van der Waals surface area contributed by atoms with Crippen molar-refractivity contribution < 1.29 is 12.9 Å². The summed E-state index contributed by atoms with van der Waals surface area (Å²) < 4.78 is 37.1. The Kier molecular flexibility index (Phi) is 4.40. The first-order chi connectivity index (χ1) is 7.80. The third kappa shape index (κ3) is 4.27. The number of nitrogens with zero attached hydrogens (tertiary/aromatic N) is 1. The average molecular weight is 242 g/mol. The van der Waals surface area contributed by atoms with Gasteiger partial charge in [0.25, 0.3) is 0 Å². The average Bonchev–Trinajstić information content (AvgIpc) is 2.20. The summed E-state index contributed by atoms with van der Waals surface area (Å²) in [5.74, 6) is 0. The van der Waals surface area contributed by atoms with Gasteiger partial charge in [-0.15, -0.1) is 12.1 Å². The van der Waals surface area contributed by atoms with Crippen molar-refractivity contribution in [3.63, 3.8) is 0 Å². The smallest absolute Gasteiger partial charge is 0.445 e. The first-order valence-electron chi connectivity index (χ1n) is 5.41. The molecule has 0 bridgehead atoms. The third-order valence-electron chi connectivity index (χ3n) is 2.64. The standard InChI is InChI=1S/C12H16BF3N/c1-10-6-4-5-7-12(10)9-17(3)8-11(2)13(14,15)16/h4-7H,2,8-9H2,1,3H3/q-1. The molecule has 0 unspecified atom stereocenters. The van der Waals surface area contributed by atoms with E-state index in [1.807, 2.05) is 31.2 Å². The van der Waals surface area contributed by atoms with Gasteiger partial charge in [-0.3, -0.25) is 0 Å². The summed E-state index contributed by atoms with van der Waals surface area (Å²) in [7, 11) is 1.67. The summed E-state index contributed by atoms with van der Waals surface area (Å²) in [4.78, 5) is 1.62. The van der Waals surface area contributed by atoms with Gasteiger partial charge in [-0.05, 0) is 31.6 Å². The van der Waals surface area contributed by atoms with Gasteiger partial charge in [0, 0.05) is 6.54 Å². The van der Waals surface area contributed by atoms with Crippen LogP contribution >= 0.6 is 0 Å². The van der Waals surface area contributed by atoms with Gasteiger partial charge in [0.1, 0.15) is 0 Å². The molecule has 0 aliphatic heterocycles. The van der Waals surface area contributed by atoms with Crippen LogP contribution in [0.25, 0.3) is 0 Å². The van der Waals surface area contributed by atoms with Gasteiger partial charge in [-0.25, -0.2) is 0 Å². The second kappa shape index (κ2) is 5.40. The largest absolute Gasteiger partial charge is 0.506 e. The molecule has 5 heteroatoms. The maximum atomic E-state index is 12.4. The molecule has 0 radical (unpaired) electrons. The van der Waals surface area contributed by atoms with E-state index in [1.165, 1.54) is 0 Å². The van der Waals surface area contributed by atoms with E-state index in [9.17, 15) is 12.9 Å². The van der Waals surface area contributed by atoms with Gasteiger partial charge in [0.2, 0.25) is 0 Å². The van der Waals surface area contributed by atoms with Crippen molar-refractivity contribution in [2.45, 2.75) is 13.5 Å². The van der Waals surface area contributed by atoms with Crippen LogP contribution in [0.4, 0.5) is 12.9 Å². The van der Waals surface area contributed by atoms with E-state index >= 15 is 0 Å². The molecule has 0 saturated carbocycles. The highest BCUT2D eigenvalue weighted by molar-refractivity contribution is 6.66. The van der Waals surface area contributed by atoms with E-state index in [0.717, 1.165) is 11.1 Å². The molecule has 0 aliphatic carbocycles. The van der Waals surface area contributed by atoms with Gasteiger partial charge < -0.3 is 17.8 Å². The van der Waals surface area contributed by atoms with Crippen LogP contribution in [0.3, 0.4) is 0 Å². The van der Waals surface area contributed by atoms with Crippen molar-refractivity contribution >= 4 is 6.98 Å². The lowest BCUT2D eigenvalue weighted by molar-refractivity contribution is 0.349. The molecule has 1 aromatic carbocycles. The van der Waals surface area contributed by atoms with E-state index in [-0.39, 0.29) is 6.54 Å². The Bertz CT molecular complexity index is 401. The molecule has 0 saturated heterocycles. The van der Waals surface area contributed by atoms with Gasteiger partial charge >= 0.3 is 6.98 Å². The summed E-state index contributed by atoms with van der Waals surface area (Å²) in [6.07, 6.45) is 0. The Hall–Kier alpha value is -1.23. The minimum absolute atomic E-state index is 0.141. The zero-order valence-electron chi connectivity index (χ0n) is 10.1. The highest BCUT2D eigenvalue weighted by Gasteiger charge is 2.27. The lowest BCUT2D eigenvalue weighted by Crippen LogP contribution is -2.30. The number of benzene rings is 1. The summed E-state index contributed by atoms with van der Waals surface area (Å²) in [5.41, 5.74) is 1.47. The van der Waals surface area contributed by atoms with Crippen LogP contribution in [0.1, 0.15) is 11.1 Å². The first kappa shape index (κ1) is 13.8. The Labute approximate surface area is 100.0 Å². The third-order valence-corrected chi connectivity index (χ3v) is 2.64. The molecule has 1 rings (SSSR count). The minimum atomic E-state index is -4.93. The normalized spacial score (nSPS) is 11.9. The number of likely N-dealkylation sites (N-methyl/N-ethyl adjacent to an activating group) is 1. The summed E-state index contributed by atoms with van der Waals surface area (Å²) in [6, 6.07) is 7.67. The van der Waals surface area contributed by atoms with Gasteiger partial charge in [0.15, 0.2) is 0 Å². The Morgan fingerprint density at radius 2 is 1.88 bits per heavy atom. The Morgan fingerprint density at radius 1 is 1.29 bits per heavy atom. The van der Waals surface area contributed by atoms with Crippen molar-refractivity contribution in [2.24, 2.45) is 0 Å². The van der Waals surface area contributed by atoms with Crippen molar-refractivity contribution in [1.82, 2.24) is 4.90 Å². The predicted molar refractivity (Wildman–Crippen MR) is 65.7 cm³/mol. The lowest BCUT2D eigenvalue weighted by atomic mass is 9.80. The van der Waals surface area contributed by atoms with Gasteiger partial charge in [-0.2, -0.15) is 0 Å². The molecule has 1 aromatic rings. The molecule has 0 fully saturated rings. The van der Waals surface area contributed by atoms with Crippen molar-refractivity contribution in [3.8, 4) is 0 Å². The Balaban J connectivity index is 2.59. The number of halogens is 3. The molecule has 0 spiro atoms. The van der Waals surface area contributed by atoms with Crippen molar-refractivity contribution in [2.75, 3.05) is 13.6 Å². The summed E-state index contributed by atoms with van der Waals surface area (Å²) in [6.45, 7) is 0.469. The fourth-order valence-corrected chi connectivity index (χ4v) is 1.58. The molecular weight excluding hydrogens is 226 g/mol. The SMILES string of the molecule is C=C(CN(C)Cc1ccccc1C)[B-](F)(F)F. The van der Waals surface area contributed by atoms with E-state index < -0.39 is 12.4 Å². The number of hydrogen-bond donors (Lipinski definition) is 0. The number of aryl methyl sites for hydroxylation is 1. The molecule has 17 heavy (non-hydrogen) atoms. The Morgan fingerprint density at radius 3 is 2.41 bits per heavy atom. The molecule has 0 N–H and O–H groups in total. The fraction of sp³-hybridized carbons (Fsp3) is 0.333. The fourth-order valence-electron chi connectivity index (χ4n) is 1.58. The number of hydrogen-bond acceptors (Lipinski definition) is 1. The maximum absolute atomic E-state index is 12.4. The molecular formula is C12H16BF3N-. The highest BCUT2D eigenvalue weighted by atomic mass is 19.4. The molecule has 0 amide bonds. The zero-order chi connectivity index (χ0) is 13.1. The lowest BCUT2D eigenvalue weighted by Gasteiger charge is -2.24. The van der Waals surface area contributed by atoms with Gasteiger partial charge in [-0.1, -0.05) is 24.3 Å². The van der Waals surface area contributed by atoms with Crippen LogP contribution in [0.15, 0.2) is 36.3 Å². The molecule has 0 aromatic heterocycles. The highest BCUT2D eigenvalue weighted by Crippen LogP contribution is 2.19.